The molecule has 0 fully saturated rings. The van der Waals surface area contributed by atoms with Gasteiger partial charge < -0.3 is 10.4 Å². The van der Waals surface area contributed by atoms with E-state index < -0.39 is 0 Å². The van der Waals surface area contributed by atoms with E-state index in [9.17, 15) is 5.11 Å². The van der Waals surface area contributed by atoms with Crippen molar-refractivity contribution in [3.05, 3.63) is 50.7 Å². The van der Waals surface area contributed by atoms with Crippen molar-refractivity contribution in [2.45, 2.75) is 31.9 Å². The Kier molecular flexibility index (Phi) is 3.78. The Labute approximate surface area is 122 Å². The summed E-state index contributed by atoms with van der Waals surface area (Å²) in [6.07, 6.45) is 3.46. The van der Waals surface area contributed by atoms with Crippen molar-refractivity contribution in [1.29, 1.82) is 0 Å². The maximum Gasteiger partial charge on any atom is 0.0934 e. The lowest BCUT2D eigenvalue weighted by atomic mass is 9.94. The molecule has 0 saturated heterocycles. The molecule has 0 amide bonds. The minimum Gasteiger partial charge on any atom is -0.392 e. The first kappa shape index (κ1) is 13.0. The molecule has 1 aliphatic carbocycles. The fraction of sp³-hybridized carbons (Fsp3) is 0.333. The van der Waals surface area contributed by atoms with Gasteiger partial charge in [0.15, 0.2) is 0 Å². The monoisotopic (exact) mass is 293 g/mol. The lowest BCUT2D eigenvalue weighted by Gasteiger charge is -2.24. The molecule has 0 spiro atoms. The summed E-state index contributed by atoms with van der Waals surface area (Å²) in [6, 6.07) is 10.4. The second-order valence-corrected chi connectivity index (χ2v) is 6.64. The molecule has 1 aliphatic rings. The Morgan fingerprint density at radius 2 is 2.26 bits per heavy atom. The van der Waals surface area contributed by atoms with Gasteiger partial charge in [-0.05, 0) is 48.6 Å². The van der Waals surface area contributed by atoms with E-state index in [1.807, 2.05) is 24.3 Å². The molecule has 1 aromatic carbocycles. The molecule has 1 aromatic heterocycles. The van der Waals surface area contributed by atoms with Crippen LogP contribution in [0, 0.1) is 0 Å². The van der Waals surface area contributed by atoms with Crippen LogP contribution in [0.3, 0.4) is 0 Å². The largest absolute Gasteiger partial charge is 0.392 e. The van der Waals surface area contributed by atoms with Crippen LogP contribution in [0.25, 0.3) is 0 Å². The lowest BCUT2D eigenvalue weighted by Crippen LogP contribution is -2.15. The number of halogens is 1. The number of aliphatic hydroxyl groups excluding tert-OH is 1. The number of rotatable bonds is 3. The summed E-state index contributed by atoms with van der Waals surface area (Å²) in [4.78, 5) is 1.41. The van der Waals surface area contributed by atoms with Gasteiger partial charge in [0, 0.05) is 10.6 Å². The Hall–Kier alpha value is -1.03. The molecule has 0 radical (unpaired) electrons. The van der Waals surface area contributed by atoms with Crippen LogP contribution in [-0.2, 0) is 13.0 Å². The van der Waals surface area contributed by atoms with Crippen molar-refractivity contribution in [2.24, 2.45) is 0 Å². The van der Waals surface area contributed by atoms with Crippen molar-refractivity contribution in [3.8, 4) is 0 Å². The summed E-state index contributed by atoms with van der Waals surface area (Å²) in [6.45, 7) is 0.0791. The number of hydrogen-bond acceptors (Lipinski definition) is 3. The third-order valence-corrected chi connectivity index (χ3v) is 4.87. The molecule has 1 heterocycles. The number of fused-ring (bicyclic) bond motifs is 1. The molecule has 1 unspecified atom stereocenters. The first-order valence-electron chi connectivity index (χ1n) is 6.50. The molecule has 19 heavy (non-hydrogen) atoms. The van der Waals surface area contributed by atoms with E-state index >= 15 is 0 Å². The zero-order chi connectivity index (χ0) is 13.2. The number of aliphatic hydroxyl groups is 1. The molecular weight excluding hydrogens is 278 g/mol. The number of thiophene rings is 1. The average Bonchev–Trinajstić information content (AvgIpc) is 2.80. The van der Waals surface area contributed by atoms with Gasteiger partial charge in [-0.1, -0.05) is 23.7 Å². The SMILES string of the molecule is OCc1cccc(NC2CCCc3sc(Cl)cc32)c1. The highest BCUT2D eigenvalue weighted by molar-refractivity contribution is 7.16. The third kappa shape index (κ3) is 2.78. The van der Waals surface area contributed by atoms with Crippen molar-refractivity contribution in [3.63, 3.8) is 0 Å². The van der Waals surface area contributed by atoms with Crippen LogP contribution in [0.4, 0.5) is 5.69 Å². The van der Waals surface area contributed by atoms with Crippen molar-refractivity contribution in [1.82, 2.24) is 0 Å². The Bertz CT molecular complexity index is 581. The number of nitrogens with one attached hydrogen (secondary N) is 1. The van der Waals surface area contributed by atoms with Crippen LogP contribution in [0.15, 0.2) is 30.3 Å². The van der Waals surface area contributed by atoms with E-state index in [0.29, 0.717) is 6.04 Å². The standard InChI is InChI=1S/C15H16ClNOS/c16-15-8-12-13(5-2-6-14(12)19-15)17-11-4-1-3-10(7-11)9-18/h1,3-4,7-8,13,17-18H,2,5-6,9H2. The summed E-state index contributed by atoms with van der Waals surface area (Å²) >= 11 is 7.82. The molecule has 2 N–H and O–H groups in total. The van der Waals surface area contributed by atoms with Gasteiger partial charge in [0.05, 0.1) is 17.0 Å². The van der Waals surface area contributed by atoms with Gasteiger partial charge in [-0.15, -0.1) is 11.3 Å². The Morgan fingerprint density at radius 1 is 1.37 bits per heavy atom. The van der Waals surface area contributed by atoms with Gasteiger partial charge >= 0.3 is 0 Å². The number of aryl methyl sites for hydroxylation is 1. The van der Waals surface area contributed by atoms with E-state index in [1.165, 1.54) is 16.9 Å². The fourth-order valence-electron chi connectivity index (χ4n) is 2.63. The van der Waals surface area contributed by atoms with Crippen LogP contribution in [0.5, 0.6) is 0 Å². The first-order chi connectivity index (χ1) is 9.26. The lowest BCUT2D eigenvalue weighted by molar-refractivity contribution is 0.282. The van der Waals surface area contributed by atoms with Crippen LogP contribution >= 0.6 is 22.9 Å². The molecule has 1 atom stereocenters. The van der Waals surface area contributed by atoms with E-state index in [-0.39, 0.29) is 6.61 Å². The summed E-state index contributed by atoms with van der Waals surface area (Å²) in [7, 11) is 0. The third-order valence-electron chi connectivity index (χ3n) is 3.53. The predicted octanol–water partition coefficient (Wildman–Crippen LogP) is 4.38. The van der Waals surface area contributed by atoms with Gasteiger partial charge in [-0.25, -0.2) is 0 Å². The quantitative estimate of drug-likeness (QED) is 0.880. The van der Waals surface area contributed by atoms with Crippen LogP contribution in [0.1, 0.15) is 34.9 Å². The highest BCUT2D eigenvalue weighted by atomic mass is 35.5. The van der Waals surface area contributed by atoms with Gasteiger partial charge in [0.1, 0.15) is 0 Å². The van der Waals surface area contributed by atoms with E-state index in [0.717, 1.165) is 28.4 Å². The zero-order valence-electron chi connectivity index (χ0n) is 10.5. The summed E-state index contributed by atoms with van der Waals surface area (Å²) in [5.74, 6) is 0. The fourth-order valence-corrected chi connectivity index (χ4v) is 4.02. The van der Waals surface area contributed by atoms with Gasteiger partial charge in [-0.3, -0.25) is 0 Å². The maximum atomic E-state index is 9.19. The van der Waals surface area contributed by atoms with Gasteiger partial charge in [0.2, 0.25) is 0 Å². The molecule has 3 rings (SSSR count). The van der Waals surface area contributed by atoms with E-state index in [2.05, 4.69) is 11.4 Å². The maximum absolute atomic E-state index is 9.19. The molecule has 0 bridgehead atoms. The number of hydrogen-bond donors (Lipinski definition) is 2. The van der Waals surface area contributed by atoms with E-state index in [4.69, 9.17) is 11.6 Å². The second-order valence-electron chi connectivity index (χ2n) is 4.88. The molecule has 2 nitrogen and oxygen atoms in total. The molecule has 0 aliphatic heterocycles. The molecular formula is C15H16ClNOS. The van der Waals surface area contributed by atoms with Crippen molar-refractivity contribution in [2.75, 3.05) is 5.32 Å². The molecule has 4 heteroatoms. The van der Waals surface area contributed by atoms with Gasteiger partial charge in [-0.2, -0.15) is 0 Å². The molecule has 100 valence electrons. The number of anilines is 1. The highest BCUT2D eigenvalue weighted by Gasteiger charge is 2.22. The minimum absolute atomic E-state index is 0.0791. The highest BCUT2D eigenvalue weighted by Crippen LogP contribution is 2.39. The van der Waals surface area contributed by atoms with Crippen molar-refractivity contribution < 1.29 is 5.11 Å². The Balaban J connectivity index is 1.83. The molecule has 0 saturated carbocycles. The van der Waals surface area contributed by atoms with Crippen LogP contribution < -0.4 is 5.32 Å². The number of benzene rings is 1. The van der Waals surface area contributed by atoms with Gasteiger partial charge in [0.25, 0.3) is 0 Å². The minimum atomic E-state index is 0.0791. The van der Waals surface area contributed by atoms with E-state index in [1.54, 1.807) is 11.3 Å². The summed E-state index contributed by atoms with van der Waals surface area (Å²) < 4.78 is 0.878. The topological polar surface area (TPSA) is 32.3 Å². The second kappa shape index (κ2) is 5.53. The summed E-state index contributed by atoms with van der Waals surface area (Å²) in [5.41, 5.74) is 3.34. The van der Waals surface area contributed by atoms with Crippen LogP contribution in [-0.4, -0.2) is 5.11 Å². The Morgan fingerprint density at radius 3 is 3.11 bits per heavy atom. The van der Waals surface area contributed by atoms with Crippen molar-refractivity contribution >= 4 is 28.6 Å². The smallest absolute Gasteiger partial charge is 0.0934 e. The summed E-state index contributed by atoms with van der Waals surface area (Å²) in [5, 5.41) is 12.7. The zero-order valence-corrected chi connectivity index (χ0v) is 12.1. The predicted molar refractivity (Wildman–Crippen MR) is 81.0 cm³/mol. The van der Waals surface area contributed by atoms with Crippen LogP contribution in [0.2, 0.25) is 4.34 Å². The molecule has 2 aromatic rings. The normalized spacial score (nSPS) is 18.1. The first-order valence-corrected chi connectivity index (χ1v) is 7.70. The average molecular weight is 294 g/mol.